The molecular formula is C21H38N2O6S2. The minimum atomic E-state index is -0.561. The summed E-state index contributed by atoms with van der Waals surface area (Å²) in [6, 6.07) is -0.561. The fraction of sp³-hybridized carbons (Fsp3) is 0.857. The molecule has 31 heavy (non-hydrogen) atoms. The maximum atomic E-state index is 12.3. The summed E-state index contributed by atoms with van der Waals surface area (Å²) in [4.78, 5) is 37.8. The molecular weight excluding hydrogens is 440 g/mol. The molecule has 0 bridgehead atoms. The van der Waals surface area contributed by atoms with Gasteiger partial charge in [-0.05, 0) is 32.7 Å². The number of carbonyl (C=O) groups is 3. The van der Waals surface area contributed by atoms with Crippen LogP contribution in [0.4, 0.5) is 0 Å². The maximum absolute atomic E-state index is 12.3. The molecule has 10 heteroatoms. The molecule has 1 saturated heterocycles. The van der Waals surface area contributed by atoms with Crippen LogP contribution in [-0.2, 0) is 23.9 Å². The fourth-order valence-electron chi connectivity index (χ4n) is 2.95. The molecule has 0 saturated carbocycles. The van der Waals surface area contributed by atoms with Gasteiger partial charge in [0.1, 0.15) is 13.2 Å². The lowest BCUT2D eigenvalue weighted by atomic mass is 10.1. The molecule has 2 unspecified atom stereocenters. The van der Waals surface area contributed by atoms with Crippen molar-refractivity contribution < 1.29 is 29.0 Å². The van der Waals surface area contributed by atoms with Gasteiger partial charge >= 0.3 is 11.9 Å². The molecule has 0 spiro atoms. The smallest absolute Gasteiger partial charge is 0.307 e. The fourth-order valence-corrected chi connectivity index (χ4v) is 5.98. The number of ether oxygens (including phenoxy) is 2. The van der Waals surface area contributed by atoms with Crippen molar-refractivity contribution in [3.63, 3.8) is 0 Å². The highest BCUT2D eigenvalue weighted by Gasteiger charge is 2.19. The van der Waals surface area contributed by atoms with E-state index in [1.165, 1.54) is 12.2 Å². The largest absolute Gasteiger partial charge is 0.463 e. The summed E-state index contributed by atoms with van der Waals surface area (Å²) < 4.78 is 10.5. The van der Waals surface area contributed by atoms with Gasteiger partial charge in [0.2, 0.25) is 5.91 Å². The van der Waals surface area contributed by atoms with Crippen molar-refractivity contribution in [2.75, 3.05) is 45.7 Å². The van der Waals surface area contributed by atoms with E-state index < -0.39 is 12.0 Å². The lowest BCUT2D eigenvalue weighted by Gasteiger charge is -2.20. The normalized spacial score (nSPS) is 16.8. The first-order valence-corrected chi connectivity index (χ1v) is 13.5. The van der Waals surface area contributed by atoms with Gasteiger partial charge in [-0.3, -0.25) is 14.4 Å². The number of esters is 2. The summed E-state index contributed by atoms with van der Waals surface area (Å²) in [5.41, 5.74) is 0. The third kappa shape index (κ3) is 14.7. The number of rotatable bonds is 17. The van der Waals surface area contributed by atoms with Crippen LogP contribution in [0.25, 0.3) is 0 Å². The number of unbranched alkanes of at least 4 members (excludes halogenated alkanes) is 1. The summed E-state index contributed by atoms with van der Waals surface area (Å²) in [5.74, 6) is 0.371. The van der Waals surface area contributed by atoms with Crippen molar-refractivity contribution in [3.05, 3.63) is 0 Å². The van der Waals surface area contributed by atoms with Gasteiger partial charge in [-0.25, -0.2) is 0 Å². The van der Waals surface area contributed by atoms with E-state index in [4.69, 9.17) is 14.6 Å². The highest BCUT2D eigenvalue weighted by molar-refractivity contribution is 8.77. The minimum absolute atomic E-state index is 0.0157. The molecule has 1 aliphatic rings. The number of carbonyl (C=O) groups excluding carboxylic acids is 3. The molecule has 1 amide bonds. The number of hydrogen-bond donors (Lipinski definition) is 2. The van der Waals surface area contributed by atoms with Crippen LogP contribution < -0.4 is 5.32 Å². The van der Waals surface area contributed by atoms with Crippen molar-refractivity contribution >= 4 is 39.4 Å². The average Bonchev–Trinajstić information content (AvgIpc) is 3.25. The van der Waals surface area contributed by atoms with E-state index in [0.29, 0.717) is 37.6 Å². The van der Waals surface area contributed by atoms with E-state index in [1.807, 2.05) is 40.5 Å². The quantitative estimate of drug-likeness (QED) is 0.185. The van der Waals surface area contributed by atoms with Crippen molar-refractivity contribution in [1.29, 1.82) is 0 Å². The second-order valence-corrected chi connectivity index (χ2v) is 10.5. The van der Waals surface area contributed by atoms with Crippen molar-refractivity contribution in [1.82, 2.24) is 10.2 Å². The Hall–Kier alpha value is -0.970. The highest BCUT2D eigenvalue weighted by Crippen LogP contribution is 2.39. The summed E-state index contributed by atoms with van der Waals surface area (Å²) in [5, 5.41) is 12.4. The van der Waals surface area contributed by atoms with E-state index in [-0.39, 0.29) is 38.1 Å². The Morgan fingerprint density at radius 2 is 1.81 bits per heavy atom. The Balaban J connectivity index is 2.36. The average molecular weight is 479 g/mol. The third-order valence-electron chi connectivity index (χ3n) is 4.80. The zero-order valence-corrected chi connectivity index (χ0v) is 20.4. The number of aliphatic hydroxyl groups excluding tert-OH is 1. The first-order chi connectivity index (χ1) is 14.9. The lowest BCUT2D eigenvalue weighted by molar-refractivity contribution is -0.149. The zero-order chi connectivity index (χ0) is 22.9. The molecule has 1 heterocycles. The lowest BCUT2D eigenvalue weighted by Crippen LogP contribution is -2.42. The first kappa shape index (κ1) is 28.1. The van der Waals surface area contributed by atoms with Crippen molar-refractivity contribution in [2.24, 2.45) is 0 Å². The molecule has 8 nitrogen and oxygen atoms in total. The van der Waals surface area contributed by atoms with Crippen molar-refractivity contribution in [3.8, 4) is 0 Å². The van der Waals surface area contributed by atoms with E-state index >= 15 is 0 Å². The molecule has 0 aromatic heterocycles. The van der Waals surface area contributed by atoms with E-state index in [1.54, 1.807) is 0 Å². The van der Waals surface area contributed by atoms with Gasteiger partial charge in [-0.1, -0.05) is 34.9 Å². The Morgan fingerprint density at radius 1 is 1.10 bits per heavy atom. The number of amides is 1. The van der Waals surface area contributed by atoms with Gasteiger partial charge in [0.05, 0.1) is 19.1 Å². The second-order valence-electron chi connectivity index (χ2n) is 7.73. The zero-order valence-electron chi connectivity index (χ0n) is 18.8. The van der Waals surface area contributed by atoms with Crippen LogP contribution in [0, 0.1) is 0 Å². The Bertz CT molecular complexity index is 532. The predicted molar refractivity (Wildman–Crippen MR) is 125 cm³/mol. The van der Waals surface area contributed by atoms with Gasteiger partial charge in [-0.15, -0.1) is 0 Å². The molecule has 0 aromatic carbocycles. The molecule has 180 valence electrons. The van der Waals surface area contributed by atoms with E-state index in [2.05, 4.69) is 5.32 Å². The summed E-state index contributed by atoms with van der Waals surface area (Å²) in [6.07, 6.45) is 5.79. The molecule has 1 aliphatic heterocycles. The van der Waals surface area contributed by atoms with E-state index in [0.717, 1.165) is 19.3 Å². The van der Waals surface area contributed by atoms with Gasteiger partial charge in [0, 0.05) is 36.9 Å². The van der Waals surface area contributed by atoms with Gasteiger partial charge in [0.25, 0.3) is 0 Å². The summed E-state index contributed by atoms with van der Waals surface area (Å²) >= 11 is 0. The number of nitrogens with zero attached hydrogens (tertiary/aromatic N) is 1. The van der Waals surface area contributed by atoms with Gasteiger partial charge < -0.3 is 24.8 Å². The van der Waals surface area contributed by atoms with Crippen LogP contribution in [0.15, 0.2) is 0 Å². The van der Waals surface area contributed by atoms with Gasteiger partial charge in [0.15, 0.2) is 0 Å². The van der Waals surface area contributed by atoms with Crippen LogP contribution in [0.1, 0.15) is 58.3 Å². The number of aliphatic hydroxyl groups is 1. The molecule has 0 aliphatic carbocycles. The standard InChI is InChI=1S/C21H38N2O6S2/c1-3-6-20(26)28-15-17(16-29-21(27)9-11-23(2)12-13-24)22-19(25)8-5-4-7-18-10-14-30-31-18/h17-18,24H,3-16H2,1-2H3,(H,22,25). The highest BCUT2D eigenvalue weighted by atomic mass is 33.1. The van der Waals surface area contributed by atoms with Crippen LogP contribution in [0.2, 0.25) is 0 Å². The first-order valence-electron chi connectivity index (χ1n) is 11.1. The summed E-state index contributed by atoms with van der Waals surface area (Å²) in [7, 11) is 5.68. The van der Waals surface area contributed by atoms with E-state index in [9.17, 15) is 14.4 Å². The molecule has 1 rings (SSSR count). The minimum Gasteiger partial charge on any atom is -0.463 e. The molecule has 2 N–H and O–H groups in total. The molecule has 2 atom stereocenters. The predicted octanol–water partition coefficient (Wildman–Crippen LogP) is 2.39. The van der Waals surface area contributed by atoms with Crippen LogP contribution >= 0.6 is 21.6 Å². The SMILES string of the molecule is CCCC(=O)OCC(COC(=O)CCN(C)CCO)NC(=O)CCCCC1CCSS1. The van der Waals surface area contributed by atoms with Crippen LogP contribution in [0.3, 0.4) is 0 Å². The summed E-state index contributed by atoms with van der Waals surface area (Å²) in [6.45, 7) is 2.82. The molecule has 0 radical (unpaired) electrons. The van der Waals surface area contributed by atoms with Crippen LogP contribution in [-0.4, -0.2) is 84.9 Å². The maximum Gasteiger partial charge on any atom is 0.307 e. The third-order valence-corrected chi connectivity index (χ3v) is 7.80. The Labute approximate surface area is 193 Å². The van der Waals surface area contributed by atoms with Crippen molar-refractivity contribution in [2.45, 2.75) is 69.6 Å². The Kier molecular flexibility index (Phi) is 15.9. The number of hydrogen-bond acceptors (Lipinski definition) is 9. The van der Waals surface area contributed by atoms with Crippen LogP contribution in [0.5, 0.6) is 0 Å². The molecule has 0 aromatic rings. The van der Waals surface area contributed by atoms with Gasteiger partial charge in [-0.2, -0.15) is 0 Å². The Morgan fingerprint density at radius 3 is 2.42 bits per heavy atom. The monoisotopic (exact) mass is 478 g/mol. The number of likely N-dealkylation sites (N-methyl/N-ethyl adjacent to an activating group) is 1. The topological polar surface area (TPSA) is 105 Å². The second kappa shape index (κ2) is 17.6. The number of nitrogens with one attached hydrogen (secondary N) is 1. The molecule has 1 fully saturated rings.